The number of rotatable bonds is 6. The number of piperazine rings is 1. The van der Waals surface area contributed by atoms with Gasteiger partial charge in [-0.05, 0) is 37.4 Å². The normalized spacial score (nSPS) is 15.8. The van der Waals surface area contributed by atoms with E-state index in [0.717, 1.165) is 10.6 Å². The van der Waals surface area contributed by atoms with Crippen LogP contribution in [0.5, 0.6) is 0 Å². The summed E-state index contributed by atoms with van der Waals surface area (Å²) in [5.41, 5.74) is 1.38. The lowest BCUT2D eigenvalue weighted by Crippen LogP contribution is -2.53. The second-order valence-electron chi connectivity index (χ2n) is 6.78. The summed E-state index contributed by atoms with van der Waals surface area (Å²) in [6, 6.07) is 12.1. The highest BCUT2D eigenvalue weighted by molar-refractivity contribution is 7.98. The van der Waals surface area contributed by atoms with E-state index in [2.05, 4.69) is 10.2 Å². The third kappa shape index (κ3) is 5.01. The maximum Gasteiger partial charge on any atom is 0.294 e. The number of para-hydroxylation sites is 1. The van der Waals surface area contributed by atoms with E-state index in [4.69, 9.17) is 11.6 Å². The molecule has 1 unspecified atom stereocenters. The second-order valence-corrected chi connectivity index (χ2v) is 8.06. The number of nitrogens with one attached hydrogen (secondary N) is 1. The first-order chi connectivity index (χ1) is 13.9. The van der Waals surface area contributed by atoms with Crippen molar-refractivity contribution in [2.45, 2.75) is 17.9 Å². The molecule has 154 valence electrons. The largest absolute Gasteiger partial charge is 0.363 e. The number of carbonyl (C=O) groups is 1. The van der Waals surface area contributed by atoms with Crippen LogP contribution in [0.2, 0.25) is 5.02 Å². The molecule has 1 atom stereocenters. The van der Waals surface area contributed by atoms with E-state index < -0.39 is 4.92 Å². The van der Waals surface area contributed by atoms with Crippen molar-refractivity contribution >= 4 is 46.3 Å². The third-order valence-electron chi connectivity index (χ3n) is 5.08. The van der Waals surface area contributed by atoms with Gasteiger partial charge in [0.2, 0.25) is 5.91 Å². The Balaban J connectivity index is 1.63. The Morgan fingerprint density at radius 2 is 1.90 bits per heavy atom. The van der Waals surface area contributed by atoms with E-state index in [1.807, 2.05) is 42.3 Å². The lowest BCUT2D eigenvalue weighted by molar-refractivity contribution is -0.384. The average molecular weight is 435 g/mol. The number of nitro groups is 1. The van der Waals surface area contributed by atoms with Crippen LogP contribution in [-0.2, 0) is 4.79 Å². The molecule has 1 aliphatic heterocycles. The first-order valence-corrected chi connectivity index (χ1v) is 10.9. The van der Waals surface area contributed by atoms with Crippen molar-refractivity contribution in [2.75, 3.05) is 42.7 Å². The third-order valence-corrected chi connectivity index (χ3v) is 6.11. The van der Waals surface area contributed by atoms with Gasteiger partial charge in [-0.1, -0.05) is 23.7 Å². The SMILES string of the molecule is CSc1ccccc1NC(=O)C(C)N1CCN(c2ccc(Cl)cc2[N+](=O)[O-])CC1. The van der Waals surface area contributed by atoms with Gasteiger partial charge in [-0.15, -0.1) is 11.8 Å². The van der Waals surface area contributed by atoms with Crippen molar-refractivity contribution in [1.82, 2.24) is 4.90 Å². The van der Waals surface area contributed by atoms with Gasteiger partial charge in [0.25, 0.3) is 5.69 Å². The number of halogens is 1. The van der Waals surface area contributed by atoms with Crippen molar-refractivity contribution in [3.05, 3.63) is 57.6 Å². The van der Waals surface area contributed by atoms with Gasteiger partial charge in [-0.3, -0.25) is 19.8 Å². The first-order valence-electron chi connectivity index (χ1n) is 9.27. The molecule has 1 fully saturated rings. The monoisotopic (exact) mass is 434 g/mol. The molecular formula is C20H23ClN4O3S. The van der Waals surface area contributed by atoms with Crippen LogP contribution in [-0.4, -0.2) is 54.2 Å². The Kier molecular flexibility index (Phi) is 7.00. The minimum atomic E-state index is -0.410. The van der Waals surface area contributed by atoms with Crippen LogP contribution < -0.4 is 10.2 Å². The van der Waals surface area contributed by atoms with Crippen LogP contribution in [0, 0.1) is 10.1 Å². The Morgan fingerprint density at radius 1 is 1.21 bits per heavy atom. The van der Waals surface area contributed by atoms with Gasteiger partial charge in [0, 0.05) is 42.2 Å². The minimum Gasteiger partial charge on any atom is -0.363 e. The highest BCUT2D eigenvalue weighted by Gasteiger charge is 2.28. The minimum absolute atomic E-state index is 0.00501. The van der Waals surface area contributed by atoms with Crippen molar-refractivity contribution in [1.29, 1.82) is 0 Å². The Labute approximate surface area is 179 Å². The molecule has 1 N–H and O–H groups in total. The van der Waals surface area contributed by atoms with Gasteiger partial charge in [-0.2, -0.15) is 0 Å². The fourth-order valence-electron chi connectivity index (χ4n) is 3.41. The first kappa shape index (κ1) is 21.4. The highest BCUT2D eigenvalue weighted by Crippen LogP contribution is 2.32. The van der Waals surface area contributed by atoms with E-state index >= 15 is 0 Å². The molecule has 2 aromatic carbocycles. The molecule has 29 heavy (non-hydrogen) atoms. The van der Waals surface area contributed by atoms with E-state index in [1.54, 1.807) is 23.9 Å². The predicted molar refractivity (Wildman–Crippen MR) is 118 cm³/mol. The van der Waals surface area contributed by atoms with Crippen LogP contribution in [0.1, 0.15) is 6.92 Å². The molecule has 9 heteroatoms. The molecule has 7 nitrogen and oxygen atoms in total. The van der Waals surface area contributed by atoms with Crippen LogP contribution in [0.4, 0.5) is 17.1 Å². The fourth-order valence-corrected chi connectivity index (χ4v) is 4.13. The number of thioether (sulfide) groups is 1. The molecule has 1 heterocycles. The molecule has 1 amide bonds. The topological polar surface area (TPSA) is 78.7 Å². The number of nitro benzene ring substituents is 1. The molecule has 0 radical (unpaired) electrons. The molecule has 0 aliphatic carbocycles. The zero-order valence-electron chi connectivity index (χ0n) is 16.3. The number of hydrogen-bond acceptors (Lipinski definition) is 6. The summed E-state index contributed by atoms with van der Waals surface area (Å²) < 4.78 is 0. The van der Waals surface area contributed by atoms with Gasteiger partial charge in [-0.25, -0.2) is 0 Å². The van der Waals surface area contributed by atoms with Crippen LogP contribution in [0.25, 0.3) is 0 Å². The van der Waals surface area contributed by atoms with Gasteiger partial charge in [0.15, 0.2) is 0 Å². The zero-order valence-corrected chi connectivity index (χ0v) is 17.9. The Hall–Kier alpha value is -2.29. The summed E-state index contributed by atoms with van der Waals surface area (Å²) >= 11 is 7.50. The van der Waals surface area contributed by atoms with Crippen molar-refractivity contribution in [3.8, 4) is 0 Å². The molecule has 1 aliphatic rings. The lowest BCUT2D eigenvalue weighted by atomic mass is 10.1. The Morgan fingerprint density at radius 3 is 2.55 bits per heavy atom. The summed E-state index contributed by atoms with van der Waals surface area (Å²) in [6.07, 6.45) is 1.98. The number of benzene rings is 2. The van der Waals surface area contributed by atoms with Crippen molar-refractivity contribution < 1.29 is 9.72 Å². The molecule has 3 rings (SSSR count). The molecule has 2 aromatic rings. The lowest BCUT2D eigenvalue weighted by Gasteiger charge is -2.38. The van der Waals surface area contributed by atoms with Crippen molar-refractivity contribution in [2.24, 2.45) is 0 Å². The molecule has 0 bridgehead atoms. The smallest absolute Gasteiger partial charge is 0.294 e. The maximum absolute atomic E-state index is 12.7. The predicted octanol–water partition coefficient (Wildman–Crippen LogP) is 4.12. The van der Waals surface area contributed by atoms with E-state index in [0.29, 0.717) is 36.9 Å². The van der Waals surface area contributed by atoms with Crippen LogP contribution in [0.15, 0.2) is 47.4 Å². The summed E-state index contributed by atoms with van der Waals surface area (Å²) in [5.74, 6) is -0.0579. The van der Waals surface area contributed by atoms with Gasteiger partial charge >= 0.3 is 0 Å². The van der Waals surface area contributed by atoms with Gasteiger partial charge < -0.3 is 10.2 Å². The molecule has 1 saturated heterocycles. The summed E-state index contributed by atoms with van der Waals surface area (Å²) in [6.45, 7) is 4.36. The number of nitrogens with zero attached hydrogens (tertiary/aromatic N) is 3. The van der Waals surface area contributed by atoms with Crippen LogP contribution >= 0.6 is 23.4 Å². The van der Waals surface area contributed by atoms with Gasteiger partial charge in [0.05, 0.1) is 16.7 Å². The van der Waals surface area contributed by atoms with E-state index in [-0.39, 0.29) is 17.6 Å². The standard InChI is InChI=1S/C20H23ClN4O3S/c1-14(20(26)22-16-5-3-4-6-19(16)29-2)23-9-11-24(12-10-23)17-8-7-15(21)13-18(17)25(27)28/h3-8,13-14H,9-12H2,1-2H3,(H,22,26). The van der Waals surface area contributed by atoms with E-state index in [9.17, 15) is 14.9 Å². The van der Waals surface area contributed by atoms with Crippen LogP contribution in [0.3, 0.4) is 0 Å². The molecule has 0 spiro atoms. The quantitative estimate of drug-likeness (QED) is 0.418. The van der Waals surface area contributed by atoms with Gasteiger partial charge in [0.1, 0.15) is 5.69 Å². The number of amides is 1. The van der Waals surface area contributed by atoms with Crippen molar-refractivity contribution in [3.63, 3.8) is 0 Å². The molecule has 0 saturated carbocycles. The Bertz CT molecular complexity index is 903. The maximum atomic E-state index is 12.7. The average Bonchev–Trinajstić information content (AvgIpc) is 2.73. The molecular weight excluding hydrogens is 412 g/mol. The fraction of sp³-hybridized carbons (Fsp3) is 0.350. The second kappa shape index (κ2) is 9.47. The summed E-state index contributed by atoms with van der Waals surface area (Å²) in [5, 5.41) is 14.7. The summed E-state index contributed by atoms with van der Waals surface area (Å²) in [7, 11) is 0. The summed E-state index contributed by atoms with van der Waals surface area (Å²) in [4.78, 5) is 28.8. The zero-order chi connectivity index (χ0) is 21.0. The number of anilines is 2. The van der Waals surface area contributed by atoms with E-state index in [1.165, 1.54) is 6.07 Å². The number of carbonyl (C=O) groups excluding carboxylic acids is 1. The molecule has 0 aromatic heterocycles. The number of hydrogen-bond donors (Lipinski definition) is 1. The highest BCUT2D eigenvalue weighted by atomic mass is 35.5.